The van der Waals surface area contributed by atoms with Gasteiger partial charge in [-0.15, -0.1) is 11.3 Å². The zero-order valence-corrected chi connectivity index (χ0v) is 12.7. The first kappa shape index (κ1) is 15.0. The lowest BCUT2D eigenvalue weighted by Gasteiger charge is -2.10. The van der Waals surface area contributed by atoms with Gasteiger partial charge in [0.2, 0.25) is 5.91 Å². The van der Waals surface area contributed by atoms with Gasteiger partial charge in [0.1, 0.15) is 5.75 Å². The van der Waals surface area contributed by atoms with Gasteiger partial charge in [-0.2, -0.15) is 0 Å². The number of amides is 2. The van der Waals surface area contributed by atoms with E-state index >= 15 is 0 Å². The maximum absolute atomic E-state index is 12.3. The molecule has 0 bridgehead atoms. The third-order valence-corrected chi connectivity index (χ3v) is 3.48. The number of hydrogen-bond acceptors (Lipinski definition) is 5. The van der Waals surface area contributed by atoms with Crippen molar-refractivity contribution in [3.05, 3.63) is 34.8 Å². The number of hydrogen-bond donors (Lipinski definition) is 2. The zero-order valence-electron chi connectivity index (χ0n) is 11.9. The Hall–Kier alpha value is -2.41. The standard InChI is InChI=1S/C14H15N3O3S/c1-8-7-21-14(15-8)17-13(19)11-6-10(16-9(2)18)4-5-12(11)20-3/h4-7H,1-3H3,(H,16,18)(H,15,17,19). The Labute approximate surface area is 126 Å². The molecule has 7 heteroatoms. The Morgan fingerprint density at radius 1 is 1.29 bits per heavy atom. The van der Waals surface area contributed by atoms with E-state index in [9.17, 15) is 9.59 Å². The predicted molar refractivity (Wildman–Crippen MR) is 82.1 cm³/mol. The third kappa shape index (κ3) is 3.79. The lowest BCUT2D eigenvalue weighted by Crippen LogP contribution is -2.14. The maximum Gasteiger partial charge on any atom is 0.261 e. The molecule has 0 unspecified atom stereocenters. The van der Waals surface area contributed by atoms with Crippen molar-refractivity contribution in [2.24, 2.45) is 0 Å². The number of nitrogens with one attached hydrogen (secondary N) is 2. The van der Waals surface area contributed by atoms with Crippen LogP contribution in [0.4, 0.5) is 10.8 Å². The molecule has 0 aliphatic carbocycles. The second-order valence-corrected chi connectivity index (χ2v) is 5.20. The van der Waals surface area contributed by atoms with Crippen LogP contribution < -0.4 is 15.4 Å². The van der Waals surface area contributed by atoms with Gasteiger partial charge in [0.05, 0.1) is 18.4 Å². The number of aromatic nitrogens is 1. The molecule has 1 aromatic carbocycles. The van der Waals surface area contributed by atoms with E-state index in [0.29, 0.717) is 22.1 Å². The first-order valence-corrected chi connectivity index (χ1v) is 7.06. The normalized spacial score (nSPS) is 10.0. The fourth-order valence-electron chi connectivity index (χ4n) is 1.74. The molecule has 0 spiro atoms. The Morgan fingerprint density at radius 2 is 2.05 bits per heavy atom. The van der Waals surface area contributed by atoms with Gasteiger partial charge in [0.25, 0.3) is 5.91 Å². The van der Waals surface area contributed by atoms with E-state index in [1.54, 1.807) is 18.2 Å². The molecule has 0 saturated heterocycles. The van der Waals surface area contributed by atoms with Crippen molar-refractivity contribution in [2.75, 3.05) is 17.7 Å². The van der Waals surface area contributed by atoms with Crippen molar-refractivity contribution in [2.45, 2.75) is 13.8 Å². The molecular weight excluding hydrogens is 290 g/mol. The number of carbonyl (C=O) groups is 2. The van der Waals surface area contributed by atoms with Crippen LogP contribution in [0.15, 0.2) is 23.6 Å². The molecule has 2 N–H and O–H groups in total. The molecular formula is C14H15N3O3S. The summed E-state index contributed by atoms with van der Waals surface area (Å²) in [6, 6.07) is 4.87. The first-order valence-electron chi connectivity index (χ1n) is 6.18. The maximum atomic E-state index is 12.3. The lowest BCUT2D eigenvalue weighted by molar-refractivity contribution is -0.114. The number of rotatable bonds is 4. The molecule has 0 aliphatic heterocycles. The Kier molecular flexibility index (Phi) is 4.54. The molecule has 1 heterocycles. The van der Waals surface area contributed by atoms with Crippen molar-refractivity contribution in [3.8, 4) is 5.75 Å². The van der Waals surface area contributed by atoms with Crippen LogP contribution in [0.5, 0.6) is 5.75 Å². The number of benzene rings is 1. The predicted octanol–water partition coefficient (Wildman–Crippen LogP) is 2.67. The molecule has 21 heavy (non-hydrogen) atoms. The van der Waals surface area contributed by atoms with Gasteiger partial charge in [-0.05, 0) is 25.1 Å². The molecule has 0 fully saturated rings. The average molecular weight is 305 g/mol. The fraction of sp³-hybridized carbons (Fsp3) is 0.214. The number of ether oxygens (including phenoxy) is 1. The van der Waals surface area contributed by atoms with E-state index in [1.807, 2.05) is 12.3 Å². The van der Waals surface area contributed by atoms with Gasteiger partial charge in [-0.1, -0.05) is 0 Å². The second-order valence-electron chi connectivity index (χ2n) is 4.34. The summed E-state index contributed by atoms with van der Waals surface area (Å²) in [5.74, 6) is -0.120. The Bertz CT molecular complexity index is 682. The molecule has 0 atom stereocenters. The summed E-state index contributed by atoms with van der Waals surface area (Å²) in [6.07, 6.45) is 0. The van der Waals surface area contributed by atoms with Crippen LogP contribution in [0.3, 0.4) is 0 Å². The quantitative estimate of drug-likeness (QED) is 0.910. The van der Waals surface area contributed by atoms with E-state index < -0.39 is 0 Å². The number of anilines is 2. The molecule has 1 aromatic heterocycles. The van der Waals surface area contributed by atoms with Crippen molar-refractivity contribution in [3.63, 3.8) is 0 Å². The van der Waals surface area contributed by atoms with Crippen LogP contribution in [0, 0.1) is 6.92 Å². The third-order valence-electron chi connectivity index (χ3n) is 2.60. The monoisotopic (exact) mass is 305 g/mol. The topological polar surface area (TPSA) is 80.3 Å². The summed E-state index contributed by atoms with van der Waals surface area (Å²) in [5.41, 5.74) is 1.70. The van der Waals surface area contributed by atoms with Crippen LogP contribution in [0.2, 0.25) is 0 Å². The average Bonchev–Trinajstić information content (AvgIpc) is 2.83. The summed E-state index contributed by atoms with van der Waals surface area (Å²) < 4.78 is 5.18. The summed E-state index contributed by atoms with van der Waals surface area (Å²) in [4.78, 5) is 27.6. The van der Waals surface area contributed by atoms with E-state index in [2.05, 4.69) is 15.6 Å². The Morgan fingerprint density at radius 3 is 2.62 bits per heavy atom. The molecule has 2 rings (SSSR count). The number of carbonyl (C=O) groups excluding carboxylic acids is 2. The van der Waals surface area contributed by atoms with Crippen LogP contribution in [0.25, 0.3) is 0 Å². The van der Waals surface area contributed by atoms with Gasteiger partial charge in [0.15, 0.2) is 5.13 Å². The van der Waals surface area contributed by atoms with Crippen molar-refractivity contribution in [1.29, 1.82) is 0 Å². The summed E-state index contributed by atoms with van der Waals surface area (Å²) in [7, 11) is 1.48. The van der Waals surface area contributed by atoms with Gasteiger partial charge in [-0.25, -0.2) is 4.98 Å². The largest absolute Gasteiger partial charge is 0.496 e. The summed E-state index contributed by atoms with van der Waals surface area (Å²) >= 11 is 1.35. The summed E-state index contributed by atoms with van der Waals surface area (Å²) in [6.45, 7) is 3.26. The van der Waals surface area contributed by atoms with Crippen LogP contribution in [-0.4, -0.2) is 23.9 Å². The van der Waals surface area contributed by atoms with Gasteiger partial charge in [0, 0.05) is 18.0 Å². The lowest BCUT2D eigenvalue weighted by atomic mass is 10.1. The highest BCUT2D eigenvalue weighted by Gasteiger charge is 2.15. The highest BCUT2D eigenvalue weighted by Crippen LogP contribution is 2.24. The highest BCUT2D eigenvalue weighted by atomic mass is 32.1. The molecule has 0 saturated carbocycles. The van der Waals surface area contributed by atoms with Gasteiger partial charge >= 0.3 is 0 Å². The molecule has 110 valence electrons. The minimum atomic E-state index is -0.339. The Balaban J connectivity index is 2.26. The second kappa shape index (κ2) is 6.36. The smallest absolute Gasteiger partial charge is 0.261 e. The number of methoxy groups -OCH3 is 1. The number of thiazole rings is 1. The van der Waals surface area contributed by atoms with Gasteiger partial charge in [-0.3, -0.25) is 14.9 Å². The number of nitrogens with zero attached hydrogens (tertiary/aromatic N) is 1. The molecule has 0 radical (unpaired) electrons. The van der Waals surface area contributed by atoms with Crippen LogP contribution >= 0.6 is 11.3 Å². The van der Waals surface area contributed by atoms with E-state index in [1.165, 1.54) is 25.4 Å². The van der Waals surface area contributed by atoms with Crippen LogP contribution in [-0.2, 0) is 4.79 Å². The van der Waals surface area contributed by atoms with Crippen molar-refractivity contribution >= 4 is 34.0 Å². The minimum Gasteiger partial charge on any atom is -0.496 e. The van der Waals surface area contributed by atoms with E-state index in [-0.39, 0.29) is 11.8 Å². The first-order chi connectivity index (χ1) is 9.99. The SMILES string of the molecule is COc1ccc(NC(C)=O)cc1C(=O)Nc1nc(C)cs1. The molecule has 0 aliphatic rings. The van der Waals surface area contributed by atoms with Crippen molar-refractivity contribution < 1.29 is 14.3 Å². The minimum absolute atomic E-state index is 0.206. The molecule has 6 nitrogen and oxygen atoms in total. The highest BCUT2D eigenvalue weighted by molar-refractivity contribution is 7.13. The van der Waals surface area contributed by atoms with E-state index in [4.69, 9.17) is 4.74 Å². The van der Waals surface area contributed by atoms with Crippen molar-refractivity contribution in [1.82, 2.24) is 4.98 Å². The fourth-order valence-corrected chi connectivity index (χ4v) is 2.43. The number of aryl methyl sites for hydroxylation is 1. The summed E-state index contributed by atoms with van der Waals surface area (Å²) in [5, 5.41) is 7.71. The van der Waals surface area contributed by atoms with Crippen LogP contribution in [0.1, 0.15) is 23.0 Å². The van der Waals surface area contributed by atoms with Gasteiger partial charge < -0.3 is 10.1 Å². The van der Waals surface area contributed by atoms with E-state index in [0.717, 1.165) is 5.69 Å². The molecule has 2 aromatic rings. The zero-order chi connectivity index (χ0) is 15.4. The molecule has 2 amide bonds.